The number of aryl methyl sites for hydroxylation is 1. The lowest BCUT2D eigenvalue weighted by Crippen LogP contribution is -2.01. The maximum atomic E-state index is 13.4. The summed E-state index contributed by atoms with van der Waals surface area (Å²) in [7, 11) is 0. The number of carbonyl (C=O) groups excluding carboxylic acids is 1. The zero-order valence-corrected chi connectivity index (χ0v) is 7.10. The van der Waals surface area contributed by atoms with Crippen LogP contribution in [-0.4, -0.2) is 5.78 Å². The highest BCUT2D eigenvalue weighted by atomic mass is 19.1. The Morgan fingerprint density at radius 3 is 2.71 bits per heavy atom. The molecule has 4 heteroatoms. The summed E-state index contributed by atoms with van der Waals surface area (Å²) in [6.07, 6.45) is 0.550. The monoisotopic (exact) mass is 193 g/mol. The molecule has 14 heavy (non-hydrogen) atoms. The molecule has 1 aromatic rings. The number of hydrogen-bond donors (Lipinski definition) is 0. The van der Waals surface area contributed by atoms with Crippen molar-refractivity contribution in [3.05, 3.63) is 34.4 Å². The van der Waals surface area contributed by atoms with Gasteiger partial charge in [-0.1, -0.05) is 0 Å². The smallest absolute Gasteiger partial charge is 0.166 e. The van der Waals surface area contributed by atoms with Gasteiger partial charge in [0.2, 0.25) is 0 Å². The van der Waals surface area contributed by atoms with Gasteiger partial charge >= 0.3 is 0 Å². The number of Topliss-reactive ketones (excluding diaryl/α,β-unsaturated/α-hetero) is 1. The molecule has 1 aromatic carbocycles. The summed E-state index contributed by atoms with van der Waals surface area (Å²) in [5.41, 5.74) is -0.411. The molecule has 0 amide bonds. The molecule has 0 heterocycles. The molecule has 0 atom stereocenters. The van der Waals surface area contributed by atoms with Gasteiger partial charge in [-0.25, -0.2) is 8.78 Å². The molecule has 0 aromatic heterocycles. The Morgan fingerprint density at radius 1 is 1.36 bits per heavy atom. The van der Waals surface area contributed by atoms with E-state index in [2.05, 4.69) is 0 Å². The Labute approximate surface area is 78.8 Å². The maximum Gasteiger partial charge on any atom is 0.166 e. The topological polar surface area (TPSA) is 40.9 Å². The normalized spacial score (nSPS) is 13.9. The lowest BCUT2D eigenvalue weighted by Gasteiger charge is -2.02. The van der Waals surface area contributed by atoms with Gasteiger partial charge in [-0.3, -0.25) is 4.79 Å². The van der Waals surface area contributed by atoms with Crippen LogP contribution in [0.4, 0.5) is 8.78 Å². The van der Waals surface area contributed by atoms with Crippen molar-refractivity contribution in [1.82, 2.24) is 0 Å². The molecule has 0 radical (unpaired) electrons. The van der Waals surface area contributed by atoms with Crippen LogP contribution in [0.5, 0.6) is 0 Å². The number of ketones is 1. The standard InChI is InChI=1S/C10H5F2NO/c11-7-3-5-1-2-8(14)9(5)10(12)6(7)4-13/h3H,1-2H2. The minimum absolute atomic E-state index is 0.108. The van der Waals surface area contributed by atoms with Crippen LogP contribution < -0.4 is 0 Å². The highest BCUT2D eigenvalue weighted by molar-refractivity contribution is 6.01. The molecule has 2 rings (SSSR count). The van der Waals surface area contributed by atoms with Crippen molar-refractivity contribution < 1.29 is 13.6 Å². The lowest BCUT2D eigenvalue weighted by atomic mass is 10.0. The van der Waals surface area contributed by atoms with Crippen LogP contribution in [0, 0.1) is 23.0 Å². The average molecular weight is 193 g/mol. The molecule has 0 fully saturated rings. The van der Waals surface area contributed by atoms with Crippen LogP contribution in [0.25, 0.3) is 0 Å². The Balaban J connectivity index is 2.78. The molecule has 70 valence electrons. The molecular formula is C10H5F2NO. The van der Waals surface area contributed by atoms with Crippen molar-refractivity contribution in [2.45, 2.75) is 12.8 Å². The summed E-state index contributed by atoms with van der Waals surface area (Å²) in [5.74, 6) is -2.25. The number of carbonyl (C=O) groups is 1. The summed E-state index contributed by atoms with van der Waals surface area (Å²) >= 11 is 0. The zero-order valence-electron chi connectivity index (χ0n) is 7.10. The van der Waals surface area contributed by atoms with Crippen LogP contribution in [0.2, 0.25) is 0 Å². The number of hydrogen-bond acceptors (Lipinski definition) is 2. The predicted molar refractivity (Wildman–Crippen MR) is 43.7 cm³/mol. The van der Waals surface area contributed by atoms with Crippen molar-refractivity contribution in [2.75, 3.05) is 0 Å². The van der Waals surface area contributed by atoms with Crippen LogP contribution in [-0.2, 0) is 6.42 Å². The van der Waals surface area contributed by atoms with E-state index in [0.717, 1.165) is 6.07 Å². The number of halogens is 2. The van der Waals surface area contributed by atoms with E-state index in [1.165, 1.54) is 6.07 Å². The highest BCUT2D eigenvalue weighted by Crippen LogP contribution is 2.28. The second-order valence-electron chi connectivity index (χ2n) is 3.12. The first kappa shape index (κ1) is 8.82. The van der Waals surface area contributed by atoms with Crippen molar-refractivity contribution in [3.8, 4) is 6.07 Å². The second-order valence-corrected chi connectivity index (χ2v) is 3.12. The Bertz CT molecular complexity index is 474. The van der Waals surface area contributed by atoms with E-state index < -0.39 is 17.2 Å². The number of nitrogens with zero attached hydrogens (tertiary/aromatic N) is 1. The van der Waals surface area contributed by atoms with Crippen LogP contribution in [0.3, 0.4) is 0 Å². The number of nitriles is 1. The van der Waals surface area contributed by atoms with E-state index in [4.69, 9.17) is 5.26 Å². The van der Waals surface area contributed by atoms with Crippen LogP contribution >= 0.6 is 0 Å². The van der Waals surface area contributed by atoms with E-state index in [9.17, 15) is 13.6 Å². The molecule has 0 spiro atoms. The fraction of sp³-hybridized carbons (Fsp3) is 0.200. The van der Waals surface area contributed by atoms with Gasteiger partial charge in [0.1, 0.15) is 17.4 Å². The third kappa shape index (κ3) is 1.02. The van der Waals surface area contributed by atoms with Crippen molar-refractivity contribution in [1.29, 1.82) is 5.26 Å². The van der Waals surface area contributed by atoms with Gasteiger partial charge in [-0.05, 0) is 18.1 Å². The van der Waals surface area contributed by atoms with Gasteiger partial charge in [-0.15, -0.1) is 0 Å². The molecule has 0 saturated carbocycles. The van der Waals surface area contributed by atoms with E-state index in [0.29, 0.717) is 12.0 Å². The second kappa shape index (κ2) is 2.88. The first-order chi connectivity index (χ1) is 6.65. The number of fused-ring (bicyclic) bond motifs is 1. The minimum Gasteiger partial charge on any atom is -0.294 e. The molecule has 0 bridgehead atoms. The van der Waals surface area contributed by atoms with Gasteiger partial charge in [0.15, 0.2) is 11.6 Å². The zero-order chi connectivity index (χ0) is 10.3. The summed E-state index contributed by atoms with van der Waals surface area (Å²) in [4.78, 5) is 11.2. The molecule has 1 aliphatic rings. The van der Waals surface area contributed by atoms with Gasteiger partial charge in [0, 0.05) is 6.42 Å². The predicted octanol–water partition coefficient (Wildman–Crippen LogP) is 1.97. The van der Waals surface area contributed by atoms with E-state index in [-0.39, 0.29) is 17.8 Å². The van der Waals surface area contributed by atoms with Gasteiger partial charge in [-0.2, -0.15) is 5.26 Å². The number of benzene rings is 1. The van der Waals surface area contributed by atoms with Crippen LogP contribution in [0.15, 0.2) is 6.07 Å². The van der Waals surface area contributed by atoms with E-state index >= 15 is 0 Å². The Morgan fingerprint density at radius 2 is 2.07 bits per heavy atom. The average Bonchev–Trinajstić information content (AvgIpc) is 2.48. The third-order valence-corrected chi connectivity index (χ3v) is 2.31. The van der Waals surface area contributed by atoms with Crippen LogP contribution in [0.1, 0.15) is 27.9 Å². The highest BCUT2D eigenvalue weighted by Gasteiger charge is 2.27. The molecule has 0 unspecified atom stereocenters. The van der Waals surface area contributed by atoms with E-state index in [1.807, 2.05) is 0 Å². The molecule has 2 nitrogen and oxygen atoms in total. The minimum atomic E-state index is -1.01. The molecular weight excluding hydrogens is 188 g/mol. The summed E-state index contributed by atoms with van der Waals surface area (Å²) in [6, 6.07) is 2.48. The van der Waals surface area contributed by atoms with Crippen molar-refractivity contribution >= 4 is 5.78 Å². The maximum absolute atomic E-state index is 13.4. The first-order valence-electron chi connectivity index (χ1n) is 4.09. The molecule has 0 N–H and O–H groups in total. The van der Waals surface area contributed by atoms with Gasteiger partial charge in [0.05, 0.1) is 5.56 Å². The van der Waals surface area contributed by atoms with Gasteiger partial charge in [0.25, 0.3) is 0 Å². The van der Waals surface area contributed by atoms with E-state index in [1.54, 1.807) is 0 Å². The molecule has 1 aliphatic carbocycles. The van der Waals surface area contributed by atoms with Crippen molar-refractivity contribution in [2.24, 2.45) is 0 Å². The SMILES string of the molecule is N#Cc1c(F)cc2c(c1F)C(=O)CC2. The fourth-order valence-electron chi connectivity index (χ4n) is 1.64. The fourth-order valence-corrected chi connectivity index (χ4v) is 1.64. The Kier molecular flexibility index (Phi) is 1.81. The third-order valence-electron chi connectivity index (χ3n) is 2.31. The quantitative estimate of drug-likeness (QED) is 0.632. The summed E-state index contributed by atoms with van der Waals surface area (Å²) < 4.78 is 26.5. The summed E-state index contributed by atoms with van der Waals surface area (Å²) in [5, 5.41) is 8.48. The number of rotatable bonds is 0. The Hall–Kier alpha value is -1.76. The summed E-state index contributed by atoms with van der Waals surface area (Å²) in [6.45, 7) is 0. The largest absolute Gasteiger partial charge is 0.294 e. The first-order valence-corrected chi connectivity index (χ1v) is 4.09. The molecule has 0 saturated heterocycles. The lowest BCUT2D eigenvalue weighted by molar-refractivity contribution is 0.0991. The molecule has 0 aliphatic heterocycles. The van der Waals surface area contributed by atoms with Gasteiger partial charge < -0.3 is 0 Å². The van der Waals surface area contributed by atoms with Crippen molar-refractivity contribution in [3.63, 3.8) is 0 Å².